The monoisotopic (exact) mass is 288 g/mol. The van der Waals surface area contributed by atoms with Gasteiger partial charge in [0, 0.05) is 19.4 Å². The van der Waals surface area contributed by atoms with Crippen LogP contribution in [0.2, 0.25) is 0 Å². The minimum Gasteiger partial charge on any atom is -0.462 e. The number of carbonyl (C=O) groups excluding carboxylic acids is 2. The fourth-order valence-electron chi connectivity index (χ4n) is 3.28. The maximum atomic E-state index is 12.1. The van der Waals surface area contributed by atoms with Crippen LogP contribution in [0.5, 0.6) is 0 Å². The third-order valence-electron chi connectivity index (χ3n) is 4.47. The SMILES string of the molecule is O=C1CC[C@H]2C[C@]1(CCCOCc1ccccc1)C(=O)O2. The second kappa shape index (κ2) is 5.98. The van der Waals surface area contributed by atoms with Crippen molar-refractivity contribution in [1.29, 1.82) is 0 Å². The van der Waals surface area contributed by atoms with E-state index >= 15 is 0 Å². The van der Waals surface area contributed by atoms with Crippen molar-refractivity contribution >= 4 is 11.8 Å². The Kier molecular flexibility index (Phi) is 4.06. The summed E-state index contributed by atoms with van der Waals surface area (Å²) in [6.07, 6.45) is 2.96. The highest BCUT2D eigenvalue weighted by atomic mass is 16.6. The van der Waals surface area contributed by atoms with Crippen LogP contribution in [0.3, 0.4) is 0 Å². The van der Waals surface area contributed by atoms with Crippen LogP contribution in [0.25, 0.3) is 0 Å². The molecule has 0 amide bonds. The van der Waals surface area contributed by atoms with Gasteiger partial charge in [0.1, 0.15) is 17.3 Å². The lowest BCUT2D eigenvalue weighted by Crippen LogP contribution is -2.38. The fourth-order valence-corrected chi connectivity index (χ4v) is 3.28. The van der Waals surface area contributed by atoms with Crippen LogP contribution in [-0.4, -0.2) is 24.5 Å². The molecule has 1 aromatic rings. The Morgan fingerprint density at radius 3 is 2.86 bits per heavy atom. The van der Waals surface area contributed by atoms with E-state index in [0.29, 0.717) is 45.3 Å². The summed E-state index contributed by atoms with van der Waals surface area (Å²) < 4.78 is 10.9. The van der Waals surface area contributed by atoms with E-state index in [4.69, 9.17) is 9.47 Å². The zero-order valence-electron chi connectivity index (χ0n) is 12.0. The summed E-state index contributed by atoms with van der Waals surface area (Å²) in [5.41, 5.74) is 0.267. The van der Waals surface area contributed by atoms with Crippen LogP contribution in [0.1, 0.15) is 37.7 Å². The van der Waals surface area contributed by atoms with Crippen LogP contribution < -0.4 is 0 Å². The summed E-state index contributed by atoms with van der Waals surface area (Å²) in [5.74, 6) is -0.248. The second-order valence-electron chi connectivity index (χ2n) is 5.92. The third kappa shape index (κ3) is 2.86. The predicted molar refractivity (Wildman–Crippen MR) is 76.5 cm³/mol. The van der Waals surface area contributed by atoms with Crippen molar-refractivity contribution in [3.8, 4) is 0 Å². The molecule has 2 atom stereocenters. The van der Waals surface area contributed by atoms with Crippen LogP contribution in [-0.2, 0) is 25.7 Å². The Balaban J connectivity index is 1.46. The topological polar surface area (TPSA) is 52.6 Å². The number of hydrogen-bond acceptors (Lipinski definition) is 4. The molecule has 1 aliphatic heterocycles. The average molecular weight is 288 g/mol. The first-order valence-corrected chi connectivity index (χ1v) is 7.57. The number of esters is 1. The zero-order chi connectivity index (χ0) is 14.7. The largest absolute Gasteiger partial charge is 0.462 e. The van der Waals surface area contributed by atoms with Crippen LogP contribution in [0.4, 0.5) is 0 Å². The molecular formula is C17H20O4. The third-order valence-corrected chi connectivity index (χ3v) is 4.47. The van der Waals surface area contributed by atoms with E-state index in [1.807, 2.05) is 30.3 Å². The minimum absolute atomic E-state index is 0.0413. The van der Waals surface area contributed by atoms with E-state index in [1.165, 1.54) is 0 Å². The Morgan fingerprint density at radius 1 is 1.24 bits per heavy atom. The van der Waals surface area contributed by atoms with E-state index in [0.717, 1.165) is 5.56 Å². The Bertz CT molecular complexity index is 515. The first kappa shape index (κ1) is 14.3. The van der Waals surface area contributed by atoms with Crippen molar-refractivity contribution in [3.63, 3.8) is 0 Å². The van der Waals surface area contributed by atoms with Crippen molar-refractivity contribution < 1.29 is 19.1 Å². The standard InChI is InChI=1S/C17H20O4/c18-15-8-7-14-11-17(15,16(19)21-14)9-4-10-20-12-13-5-2-1-3-6-13/h1-3,5-6,14H,4,7-12H2/t14-,17-/m0/s1. The normalized spacial score (nSPS) is 27.7. The Morgan fingerprint density at radius 2 is 2.05 bits per heavy atom. The summed E-state index contributed by atoms with van der Waals surface area (Å²) in [6.45, 7) is 1.12. The molecule has 2 fully saturated rings. The molecule has 0 aromatic heterocycles. The van der Waals surface area contributed by atoms with E-state index in [-0.39, 0.29) is 17.9 Å². The van der Waals surface area contributed by atoms with Gasteiger partial charge in [-0.3, -0.25) is 9.59 Å². The maximum Gasteiger partial charge on any atom is 0.320 e. The number of ether oxygens (including phenoxy) is 2. The molecule has 3 rings (SSSR count). The molecule has 0 radical (unpaired) electrons. The summed E-state index contributed by atoms with van der Waals surface area (Å²) in [6, 6.07) is 9.96. The van der Waals surface area contributed by atoms with Crippen molar-refractivity contribution in [2.24, 2.45) is 5.41 Å². The summed E-state index contributed by atoms with van der Waals surface area (Å²) >= 11 is 0. The van der Waals surface area contributed by atoms with Crippen molar-refractivity contribution in [2.75, 3.05) is 6.61 Å². The zero-order valence-corrected chi connectivity index (χ0v) is 12.0. The number of carbonyl (C=O) groups is 2. The highest BCUT2D eigenvalue weighted by molar-refractivity contribution is 6.06. The molecule has 1 aromatic carbocycles. The lowest BCUT2D eigenvalue weighted by molar-refractivity contribution is -0.151. The highest BCUT2D eigenvalue weighted by Crippen LogP contribution is 2.45. The summed E-state index contributed by atoms with van der Waals surface area (Å²) in [5, 5.41) is 0. The molecule has 4 heteroatoms. The number of fused-ring (bicyclic) bond motifs is 2. The smallest absolute Gasteiger partial charge is 0.320 e. The molecule has 2 bridgehead atoms. The molecule has 21 heavy (non-hydrogen) atoms. The van der Waals surface area contributed by atoms with E-state index < -0.39 is 5.41 Å². The number of ketones is 1. The molecule has 0 unspecified atom stereocenters. The molecule has 2 aliphatic rings. The molecule has 1 aliphatic carbocycles. The van der Waals surface area contributed by atoms with Gasteiger partial charge in [0.25, 0.3) is 0 Å². The van der Waals surface area contributed by atoms with Gasteiger partial charge < -0.3 is 9.47 Å². The van der Waals surface area contributed by atoms with Gasteiger partial charge in [-0.1, -0.05) is 30.3 Å². The molecule has 1 saturated carbocycles. The van der Waals surface area contributed by atoms with Gasteiger partial charge in [-0.05, 0) is 24.8 Å². The van der Waals surface area contributed by atoms with Gasteiger partial charge in [0.15, 0.2) is 0 Å². The molecule has 4 nitrogen and oxygen atoms in total. The summed E-state index contributed by atoms with van der Waals surface area (Å²) in [4.78, 5) is 24.1. The van der Waals surface area contributed by atoms with Gasteiger partial charge in [0.05, 0.1) is 6.61 Å². The first-order valence-electron chi connectivity index (χ1n) is 7.57. The van der Waals surface area contributed by atoms with E-state index in [9.17, 15) is 9.59 Å². The van der Waals surface area contributed by atoms with Crippen LogP contribution >= 0.6 is 0 Å². The van der Waals surface area contributed by atoms with Crippen molar-refractivity contribution in [3.05, 3.63) is 35.9 Å². The van der Waals surface area contributed by atoms with Gasteiger partial charge in [-0.2, -0.15) is 0 Å². The Labute approximate surface area is 124 Å². The molecule has 0 N–H and O–H groups in total. The van der Waals surface area contributed by atoms with Crippen molar-refractivity contribution in [1.82, 2.24) is 0 Å². The first-order chi connectivity index (χ1) is 10.2. The number of rotatable bonds is 6. The average Bonchev–Trinajstić information content (AvgIpc) is 2.77. The highest BCUT2D eigenvalue weighted by Gasteiger charge is 2.56. The minimum atomic E-state index is -0.862. The van der Waals surface area contributed by atoms with E-state index in [2.05, 4.69) is 0 Å². The number of Topliss-reactive ketones (excluding diaryl/α,β-unsaturated/α-hetero) is 1. The van der Waals surface area contributed by atoms with Crippen molar-refractivity contribution in [2.45, 2.75) is 44.8 Å². The van der Waals surface area contributed by atoms with Gasteiger partial charge in [0.2, 0.25) is 0 Å². The lowest BCUT2D eigenvalue weighted by Gasteiger charge is -2.26. The quantitative estimate of drug-likeness (QED) is 0.459. The number of hydrogen-bond donors (Lipinski definition) is 0. The predicted octanol–water partition coefficient (Wildman–Crippen LogP) is 2.65. The van der Waals surface area contributed by atoms with Gasteiger partial charge in [-0.15, -0.1) is 0 Å². The van der Waals surface area contributed by atoms with Gasteiger partial charge >= 0.3 is 5.97 Å². The maximum absolute atomic E-state index is 12.1. The number of benzene rings is 1. The molecular weight excluding hydrogens is 268 g/mol. The summed E-state index contributed by atoms with van der Waals surface area (Å²) in [7, 11) is 0. The molecule has 112 valence electrons. The molecule has 0 spiro atoms. The lowest BCUT2D eigenvalue weighted by atomic mass is 9.71. The fraction of sp³-hybridized carbons (Fsp3) is 0.529. The second-order valence-corrected chi connectivity index (χ2v) is 5.92. The van der Waals surface area contributed by atoms with Crippen LogP contribution in [0, 0.1) is 5.41 Å². The van der Waals surface area contributed by atoms with E-state index in [1.54, 1.807) is 0 Å². The molecule has 1 saturated heterocycles. The van der Waals surface area contributed by atoms with Gasteiger partial charge in [-0.25, -0.2) is 0 Å². The van der Waals surface area contributed by atoms with Crippen LogP contribution in [0.15, 0.2) is 30.3 Å². The Hall–Kier alpha value is -1.68. The molecule has 1 heterocycles.